The summed E-state index contributed by atoms with van der Waals surface area (Å²) in [6, 6.07) is 4.60. The van der Waals surface area contributed by atoms with Crippen molar-refractivity contribution in [3.8, 4) is 6.07 Å². The van der Waals surface area contributed by atoms with Crippen LogP contribution in [0.4, 0.5) is 14.5 Å². The topological polar surface area (TPSA) is 60.2 Å². The van der Waals surface area contributed by atoms with Crippen molar-refractivity contribution in [1.82, 2.24) is 9.88 Å². The summed E-state index contributed by atoms with van der Waals surface area (Å²) in [5.41, 5.74) is 0.920. The number of thioether (sulfide) groups is 1. The van der Waals surface area contributed by atoms with Gasteiger partial charge in [0, 0.05) is 49.1 Å². The second-order valence-corrected chi connectivity index (χ2v) is 9.83. The summed E-state index contributed by atoms with van der Waals surface area (Å²) in [6.45, 7) is 4.41. The highest BCUT2D eigenvalue weighted by atomic mass is 32.2. The molecule has 0 aliphatic carbocycles. The van der Waals surface area contributed by atoms with Crippen molar-refractivity contribution >= 4 is 34.3 Å². The maximum Gasteiger partial charge on any atom is 0.257 e. The molecule has 5 nitrogen and oxygen atoms in total. The Hall–Kier alpha value is -2.40. The molecule has 3 heterocycles. The largest absolute Gasteiger partial charge is 0.370 e. The van der Waals surface area contributed by atoms with E-state index < -0.39 is 17.0 Å². The molecule has 0 unspecified atom stereocenters. The van der Waals surface area contributed by atoms with E-state index in [0.29, 0.717) is 66.4 Å². The molecule has 0 radical (unpaired) electrons. The number of nitrogens with zero attached hydrogens (tertiary/aromatic N) is 4. The first-order valence-electron chi connectivity index (χ1n) is 10.6. The molecule has 1 amide bonds. The number of fused-ring (bicyclic) bond motifs is 1. The van der Waals surface area contributed by atoms with Gasteiger partial charge in [0.15, 0.2) is 11.6 Å². The average Bonchev–Trinajstić information content (AvgIpc) is 2.79. The monoisotopic (exact) mass is 444 g/mol. The first-order valence-corrected chi connectivity index (χ1v) is 11.9. The van der Waals surface area contributed by atoms with Crippen LogP contribution in [0.15, 0.2) is 18.3 Å². The molecule has 0 N–H and O–H groups in total. The molecule has 4 rings (SSSR count). The molecule has 1 aromatic carbocycles. The zero-order valence-corrected chi connectivity index (χ0v) is 18.6. The van der Waals surface area contributed by atoms with E-state index in [1.165, 1.54) is 6.20 Å². The molecule has 2 aliphatic heterocycles. The summed E-state index contributed by atoms with van der Waals surface area (Å²) in [4.78, 5) is 21.6. The fraction of sp³-hybridized carbons (Fsp3) is 0.522. The summed E-state index contributed by atoms with van der Waals surface area (Å²) in [7, 11) is 0. The van der Waals surface area contributed by atoms with Crippen LogP contribution < -0.4 is 4.90 Å². The molecule has 164 valence electrons. The van der Waals surface area contributed by atoms with E-state index in [2.05, 4.69) is 17.3 Å². The van der Waals surface area contributed by atoms with Crippen LogP contribution in [0.25, 0.3) is 10.9 Å². The SMILES string of the molecule is CSC1CCN(C(=O)c2cnc3cc(F)c(F)cc3c2N2CCC(C)(C#N)CC2)CC1. The second-order valence-electron chi connectivity index (χ2n) is 8.69. The maximum atomic E-state index is 14.2. The molecule has 0 atom stereocenters. The number of amides is 1. The lowest BCUT2D eigenvalue weighted by molar-refractivity contribution is 0.0727. The molecule has 2 fully saturated rings. The number of hydrogen-bond donors (Lipinski definition) is 0. The minimum absolute atomic E-state index is 0.123. The number of hydrogen-bond acceptors (Lipinski definition) is 5. The second kappa shape index (κ2) is 8.62. The number of rotatable bonds is 3. The van der Waals surface area contributed by atoms with Crippen LogP contribution in [0, 0.1) is 28.4 Å². The van der Waals surface area contributed by atoms with Gasteiger partial charge in [0.2, 0.25) is 0 Å². The number of piperidine rings is 2. The van der Waals surface area contributed by atoms with Crippen LogP contribution in [-0.4, -0.2) is 53.5 Å². The Balaban J connectivity index is 1.75. The van der Waals surface area contributed by atoms with E-state index in [4.69, 9.17) is 0 Å². The lowest BCUT2D eigenvalue weighted by atomic mass is 9.81. The molecule has 2 saturated heterocycles. The number of anilines is 1. The number of pyridine rings is 1. The molecular weight excluding hydrogens is 418 g/mol. The molecule has 31 heavy (non-hydrogen) atoms. The van der Waals surface area contributed by atoms with Crippen LogP contribution in [0.3, 0.4) is 0 Å². The summed E-state index contributed by atoms with van der Waals surface area (Å²) in [5, 5.41) is 10.5. The number of aromatic nitrogens is 1. The Bertz CT molecular complexity index is 1040. The van der Waals surface area contributed by atoms with Crippen molar-refractivity contribution in [2.45, 2.75) is 37.9 Å². The molecule has 8 heteroatoms. The van der Waals surface area contributed by atoms with E-state index in [1.807, 2.05) is 28.5 Å². The van der Waals surface area contributed by atoms with Crippen LogP contribution in [0.1, 0.15) is 43.0 Å². The molecule has 0 bridgehead atoms. The van der Waals surface area contributed by atoms with Gasteiger partial charge in [-0.15, -0.1) is 0 Å². The third kappa shape index (κ3) is 4.20. The Kier molecular flexibility index (Phi) is 6.07. The molecule has 2 aliphatic rings. The van der Waals surface area contributed by atoms with Crippen LogP contribution in [0.2, 0.25) is 0 Å². The number of benzene rings is 1. The van der Waals surface area contributed by atoms with E-state index >= 15 is 0 Å². The van der Waals surface area contributed by atoms with Crippen molar-refractivity contribution in [1.29, 1.82) is 5.26 Å². The fourth-order valence-electron chi connectivity index (χ4n) is 4.47. The van der Waals surface area contributed by atoms with Crippen molar-refractivity contribution in [2.24, 2.45) is 5.41 Å². The zero-order chi connectivity index (χ0) is 22.2. The minimum atomic E-state index is -0.959. The molecule has 1 aromatic heterocycles. The van der Waals surface area contributed by atoms with Gasteiger partial charge in [0.05, 0.1) is 28.3 Å². The van der Waals surface area contributed by atoms with Gasteiger partial charge >= 0.3 is 0 Å². The number of halogens is 2. The predicted octanol–water partition coefficient (Wildman–Crippen LogP) is 4.61. The Labute approximate surface area is 185 Å². The van der Waals surface area contributed by atoms with Gasteiger partial charge in [-0.3, -0.25) is 9.78 Å². The highest BCUT2D eigenvalue weighted by Crippen LogP contribution is 2.38. The van der Waals surface area contributed by atoms with E-state index in [1.54, 1.807) is 0 Å². The van der Waals surface area contributed by atoms with Crippen molar-refractivity contribution in [3.63, 3.8) is 0 Å². The van der Waals surface area contributed by atoms with Gasteiger partial charge in [0.1, 0.15) is 0 Å². The van der Waals surface area contributed by atoms with Gasteiger partial charge in [0.25, 0.3) is 5.91 Å². The standard InChI is InChI=1S/C23H26F2N4OS/c1-23(14-26)5-9-28(10-6-23)21-16-11-18(24)19(25)12-20(16)27-13-17(21)22(30)29-7-3-15(31-2)4-8-29/h11-13,15H,3-10H2,1-2H3. The normalized spacial score (nSPS) is 19.5. The highest BCUT2D eigenvalue weighted by molar-refractivity contribution is 7.99. The molecular formula is C23H26F2N4OS. The third-order valence-corrected chi connectivity index (χ3v) is 7.77. The summed E-state index contributed by atoms with van der Waals surface area (Å²) in [6.07, 6.45) is 6.75. The van der Waals surface area contributed by atoms with Crippen molar-refractivity contribution in [2.75, 3.05) is 37.3 Å². The number of carbonyl (C=O) groups is 1. The number of nitriles is 1. The van der Waals surface area contributed by atoms with E-state index in [9.17, 15) is 18.8 Å². The van der Waals surface area contributed by atoms with Gasteiger partial charge in [-0.2, -0.15) is 17.0 Å². The Morgan fingerprint density at radius 3 is 2.45 bits per heavy atom. The fourth-order valence-corrected chi connectivity index (χ4v) is 5.15. The third-order valence-electron chi connectivity index (χ3n) is 6.63. The van der Waals surface area contributed by atoms with Crippen molar-refractivity contribution < 1.29 is 13.6 Å². The van der Waals surface area contributed by atoms with Crippen LogP contribution >= 0.6 is 11.8 Å². The summed E-state index contributed by atoms with van der Waals surface area (Å²) in [5.74, 6) is -2.04. The highest BCUT2D eigenvalue weighted by Gasteiger charge is 2.33. The first-order chi connectivity index (χ1) is 14.8. The number of likely N-dealkylation sites (tertiary alicyclic amines) is 1. The quantitative estimate of drug-likeness (QED) is 0.692. The van der Waals surface area contributed by atoms with Crippen molar-refractivity contribution in [3.05, 3.63) is 35.5 Å². The smallest absolute Gasteiger partial charge is 0.257 e. The predicted molar refractivity (Wildman–Crippen MR) is 119 cm³/mol. The van der Waals surface area contributed by atoms with Gasteiger partial charge in [-0.25, -0.2) is 8.78 Å². The van der Waals surface area contributed by atoms with Crippen LogP contribution in [-0.2, 0) is 0 Å². The Morgan fingerprint density at radius 1 is 1.19 bits per heavy atom. The van der Waals surface area contributed by atoms with Crippen LogP contribution in [0.5, 0.6) is 0 Å². The number of carbonyl (C=O) groups excluding carboxylic acids is 1. The van der Waals surface area contributed by atoms with Gasteiger partial charge < -0.3 is 9.80 Å². The molecule has 0 saturated carbocycles. The molecule has 2 aromatic rings. The lowest BCUT2D eigenvalue weighted by Gasteiger charge is -2.38. The lowest BCUT2D eigenvalue weighted by Crippen LogP contribution is -2.42. The Morgan fingerprint density at radius 2 is 1.84 bits per heavy atom. The summed E-state index contributed by atoms with van der Waals surface area (Å²) >= 11 is 1.83. The summed E-state index contributed by atoms with van der Waals surface area (Å²) < 4.78 is 28.0. The minimum Gasteiger partial charge on any atom is -0.370 e. The van der Waals surface area contributed by atoms with Gasteiger partial charge in [-0.05, 0) is 44.9 Å². The maximum absolute atomic E-state index is 14.2. The zero-order valence-electron chi connectivity index (χ0n) is 17.8. The van der Waals surface area contributed by atoms with Gasteiger partial charge in [-0.1, -0.05) is 0 Å². The van der Waals surface area contributed by atoms with E-state index in [-0.39, 0.29) is 5.91 Å². The van der Waals surface area contributed by atoms with E-state index in [0.717, 1.165) is 25.0 Å². The first kappa shape index (κ1) is 21.8. The molecule has 0 spiro atoms. The average molecular weight is 445 g/mol.